The number of rotatable bonds is 6. The van der Waals surface area contributed by atoms with E-state index in [1.165, 1.54) is 7.05 Å². The average molecular weight is 298 g/mol. The van der Waals surface area contributed by atoms with Crippen LogP contribution < -0.4 is 9.62 Å². The molecule has 0 aromatic heterocycles. The van der Waals surface area contributed by atoms with Crippen molar-refractivity contribution in [2.45, 2.75) is 32.7 Å². The van der Waals surface area contributed by atoms with Crippen LogP contribution in [0.2, 0.25) is 0 Å². The topological polar surface area (TPSA) is 66.5 Å². The van der Waals surface area contributed by atoms with Crippen LogP contribution in [0.15, 0.2) is 24.3 Å². The number of carbonyl (C=O) groups excluding carboxylic acids is 1. The number of carbonyl (C=O) groups is 1. The Kier molecular flexibility index (Phi) is 5.56. The van der Waals surface area contributed by atoms with Gasteiger partial charge >= 0.3 is 0 Å². The summed E-state index contributed by atoms with van der Waals surface area (Å²) in [5.41, 5.74) is 0.934. The molecule has 0 fully saturated rings. The molecule has 0 unspecified atom stereocenters. The Balaban J connectivity index is 2.91. The Morgan fingerprint density at radius 1 is 1.40 bits per heavy atom. The standard InChI is InChI=1S/C14H22N2O3S/c1-5-7-11(2)15-14(17)12-8-6-9-13(10-12)16(3)20(4,18)19/h6,8-11H,5,7H2,1-4H3,(H,15,17)/t11-/m1/s1. The van der Waals surface area contributed by atoms with Crippen LogP contribution in [0.5, 0.6) is 0 Å². The fourth-order valence-corrected chi connectivity index (χ4v) is 2.34. The van der Waals surface area contributed by atoms with Crippen molar-refractivity contribution in [2.24, 2.45) is 0 Å². The van der Waals surface area contributed by atoms with Gasteiger partial charge in [-0.3, -0.25) is 9.10 Å². The lowest BCUT2D eigenvalue weighted by atomic mass is 10.1. The van der Waals surface area contributed by atoms with Gasteiger partial charge in [-0.2, -0.15) is 0 Å². The van der Waals surface area contributed by atoms with Gasteiger partial charge in [-0.25, -0.2) is 8.42 Å². The van der Waals surface area contributed by atoms with Crippen molar-refractivity contribution in [3.05, 3.63) is 29.8 Å². The number of nitrogens with zero attached hydrogens (tertiary/aromatic N) is 1. The summed E-state index contributed by atoms with van der Waals surface area (Å²) in [5, 5.41) is 2.90. The number of hydrogen-bond acceptors (Lipinski definition) is 3. The van der Waals surface area contributed by atoms with E-state index in [1.54, 1.807) is 24.3 Å². The van der Waals surface area contributed by atoms with Gasteiger partial charge in [0.2, 0.25) is 10.0 Å². The van der Waals surface area contributed by atoms with E-state index in [0.717, 1.165) is 23.4 Å². The van der Waals surface area contributed by atoms with Crippen molar-refractivity contribution in [3.63, 3.8) is 0 Å². The first-order chi connectivity index (χ1) is 9.25. The highest BCUT2D eigenvalue weighted by atomic mass is 32.2. The first-order valence-electron chi connectivity index (χ1n) is 6.60. The van der Waals surface area contributed by atoms with Gasteiger partial charge in [0, 0.05) is 18.7 Å². The zero-order valence-electron chi connectivity index (χ0n) is 12.4. The maximum absolute atomic E-state index is 12.1. The summed E-state index contributed by atoms with van der Waals surface area (Å²) in [6.45, 7) is 4.01. The molecular weight excluding hydrogens is 276 g/mol. The molecule has 0 spiro atoms. The van der Waals surface area contributed by atoms with E-state index in [-0.39, 0.29) is 11.9 Å². The predicted octanol–water partition coefficient (Wildman–Crippen LogP) is 2.00. The molecule has 1 aromatic carbocycles. The molecule has 1 atom stereocenters. The average Bonchev–Trinajstić information content (AvgIpc) is 2.37. The molecule has 1 rings (SSSR count). The SMILES string of the molecule is CCC[C@@H](C)NC(=O)c1cccc(N(C)S(C)(=O)=O)c1. The molecule has 6 heteroatoms. The Hall–Kier alpha value is -1.56. The molecule has 1 amide bonds. The molecule has 5 nitrogen and oxygen atoms in total. The lowest BCUT2D eigenvalue weighted by Crippen LogP contribution is -2.32. The Labute approximate surface area is 121 Å². The number of anilines is 1. The highest BCUT2D eigenvalue weighted by Gasteiger charge is 2.14. The van der Waals surface area contributed by atoms with Crippen molar-refractivity contribution in [3.8, 4) is 0 Å². The lowest BCUT2D eigenvalue weighted by molar-refractivity contribution is 0.0938. The number of benzene rings is 1. The fourth-order valence-electron chi connectivity index (χ4n) is 1.85. The zero-order valence-corrected chi connectivity index (χ0v) is 13.2. The molecular formula is C14H22N2O3S. The van der Waals surface area contributed by atoms with Gasteiger partial charge in [0.1, 0.15) is 0 Å². The van der Waals surface area contributed by atoms with Crippen LogP contribution in [0.1, 0.15) is 37.0 Å². The lowest BCUT2D eigenvalue weighted by Gasteiger charge is -2.18. The Morgan fingerprint density at radius 3 is 2.60 bits per heavy atom. The van der Waals surface area contributed by atoms with Crippen LogP contribution in [0, 0.1) is 0 Å². The van der Waals surface area contributed by atoms with Gasteiger partial charge in [-0.15, -0.1) is 0 Å². The number of sulfonamides is 1. The van der Waals surface area contributed by atoms with E-state index in [1.807, 2.05) is 6.92 Å². The molecule has 0 aliphatic heterocycles. The van der Waals surface area contributed by atoms with Crippen molar-refractivity contribution >= 4 is 21.6 Å². The number of amides is 1. The highest BCUT2D eigenvalue weighted by molar-refractivity contribution is 7.92. The smallest absolute Gasteiger partial charge is 0.251 e. The third-order valence-electron chi connectivity index (χ3n) is 3.07. The van der Waals surface area contributed by atoms with Gasteiger partial charge in [-0.1, -0.05) is 19.4 Å². The quantitative estimate of drug-likeness (QED) is 0.873. The van der Waals surface area contributed by atoms with Gasteiger partial charge in [0.05, 0.1) is 11.9 Å². The third kappa shape index (κ3) is 4.52. The minimum atomic E-state index is -3.33. The van der Waals surface area contributed by atoms with Crippen LogP contribution in [-0.4, -0.2) is 33.7 Å². The molecule has 1 N–H and O–H groups in total. The normalized spacial score (nSPS) is 12.8. The summed E-state index contributed by atoms with van der Waals surface area (Å²) in [5.74, 6) is -0.185. The van der Waals surface area contributed by atoms with Crippen LogP contribution in [0.3, 0.4) is 0 Å². The third-order valence-corrected chi connectivity index (χ3v) is 4.27. The summed E-state index contributed by atoms with van der Waals surface area (Å²) in [4.78, 5) is 12.1. The largest absolute Gasteiger partial charge is 0.350 e. The first kappa shape index (κ1) is 16.5. The van der Waals surface area contributed by atoms with E-state index in [2.05, 4.69) is 12.2 Å². The Bertz CT molecular complexity index is 570. The second-order valence-corrected chi connectivity index (χ2v) is 6.96. The second-order valence-electron chi connectivity index (χ2n) is 4.94. The summed E-state index contributed by atoms with van der Waals surface area (Å²) in [6, 6.07) is 6.69. The molecule has 0 radical (unpaired) electrons. The van der Waals surface area contributed by atoms with Crippen molar-refractivity contribution in [1.29, 1.82) is 0 Å². The molecule has 1 aromatic rings. The van der Waals surface area contributed by atoms with E-state index < -0.39 is 10.0 Å². The van der Waals surface area contributed by atoms with Gasteiger partial charge in [0.15, 0.2) is 0 Å². The fraction of sp³-hybridized carbons (Fsp3) is 0.500. The number of hydrogen-bond donors (Lipinski definition) is 1. The van der Waals surface area contributed by atoms with Crippen LogP contribution in [0.25, 0.3) is 0 Å². The Morgan fingerprint density at radius 2 is 2.05 bits per heavy atom. The van der Waals surface area contributed by atoms with Crippen molar-refractivity contribution < 1.29 is 13.2 Å². The molecule has 0 saturated carbocycles. The summed E-state index contributed by atoms with van der Waals surface area (Å²) in [6.07, 6.45) is 3.04. The highest BCUT2D eigenvalue weighted by Crippen LogP contribution is 2.17. The van der Waals surface area contributed by atoms with E-state index in [0.29, 0.717) is 11.3 Å². The monoisotopic (exact) mass is 298 g/mol. The van der Waals surface area contributed by atoms with Crippen LogP contribution >= 0.6 is 0 Å². The molecule has 20 heavy (non-hydrogen) atoms. The second kappa shape index (κ2) is 6.74. The number of nitrogens with one attached hydrogen (secondary N) is 1. The van der Waals surface area contributed by atoms with Crippen molar-refractivity contribution in [1.82, 2.24) is 5.32 Å². The van der Waals surface area contributed by atoms with E-state index in [4.69, 9.17) is 0 Å². The van der Waals surface area contributed by atoms with Gasteiger partial charge in [-0.05, 0) is 31.5 Å². The van der Waals surface area contributed by atoms with E-state index >= 15 is 0 Å². The van der Waals surface area contributed by atoms with Gasteiger partial charge in [0.25, 0.3) is 5.91 Å². The molecule has 0 bridgehead atoms. The maximum Gasteiger partial charge on any atom is 0.251 e. The maximum atomic E-state index is 12.1. The molecule has 112 valence electrons. The molecule has 0 aliphatic carbocycles. The van der Waals surface area contributed by atoms with Gasteiger partial charge < -0.3 is 5.32 Å². The summed E-state index contributed by atoms with van der Waals surface area (Å²) < 4.78 is 24.2. The van der Waals surface area contributed by atoms with E-state index in [9.17, 15) is 13.2 Å². The molecule has 0 heterocycles. The summed E-state index contributed by atoms with van der Waals surface area (Å²) in [7, 11) is -1.86. The van der Waals surface area contributed by atoms with Crippen molar-refractivity contribution in [2.75, 3.05) is 17.6 Å². The van der Waals surface area contributed by atoms with Crippen LogP contribution in [-0.2, 0) is 10.0 Å². The molecule has 0 aliphatic rings. The minimum absolute atomic E-state index is 0.101. The zero-order chi connectivity index (χ0) is 15.3. The first-order valence-corrected chi connectivity index (χ1v) is 8.45. The molecule has 0 saturated heterocycles. The predicted molar refractivity (Wildman–Crippen MR) is 81.5 cm³/mol. The van der Waals surface area contributed by atoms with Crippen LogP contribution in [0.4, 0.5) is 5.69 Å². The minimum Gasteiger partial charge on any atom is -0.350 e. The summed E-state index contributed by atoms with van der Waals surface area (Å²) >= 11 is 0.